The first kappa shape index (κ1) is 12.4. The Hall–Kier alpha value is -2.07. The molecule has 0 aromatic heterocycles. The SMILES string of the molecule is COc1ccc(-c2cccc(CN)c2)c(F)c1N. The van der Waals surface area contributed by atoms with E-state index in [-0.39, 0.29) is 5.69 Å². The van der Waals surface area contributed by atoms with Gasteiger partial charge in [-0.3, -0.25) is 0 Å². The zero-order valence-corrected chi connectivity index (χ0v) is 10.1. The lowest BCUT2D eigenvalue weighted by molar-refractivity contribution is 0.414. The lowest BCUT2D eigenvalue weighted by atomic mass is 10.0. The molecule has 94 valence electrons. The van der Waals surface area contributed by atoms with Crippen molar-refractivity contribution < 1.29 is 9.13 Å². The van der Waals surface area contributed by atoms with Crippen molar-refractivity contribution in [2.45, 2.75) is 6.54 Å². The summed E-state index contributed by atoms with van der Waals surface area (Å²) in [6.07, 6.45) is 0. The van der Waals surface area contributed by atoms with Crippen LogP contribution in [-0.2, 0) is 6.54 Å². The predicted octanol–water partition coefficient (Wildman–Crippen LogP) is 2.54. The molecule has 2 aromatic carbocycles. The summed E-state index contributed by atoms with van der Waals surface area (Å²) in [6.45, 7) is 0.418. The van der Waals surface area contributed by atoms with E-state index in [0.717, 1.165) is 11.1 Å². The van der Waals surface area contributed by atoms with Crippen LogP contribution in [0, 0.1) is 5.82 Å². The molecule has 0 saturated carbocycles. The number of methoxy groups -OCH3 is 1. The van der Waals surface area contributed by atoms with Gasteiger partial charge in [0.05, 0.1) is 7.11 Å². The summed E-state index contributed by atoms with van der Waals surface area (Å²) in [5.74, 6) is -0.130. The Morgan fingerprint density at radius 2 is 2.00 bits per heavy atom. The van der Waals surface area contributed by atoms with E-state index in [1.54, 1.807) is 12.1 Å². The van der Waals surface area contributed by atoms with Gasteiger partial charge >= 0.3 is 0 Å². The zero-order chi connectivity index (χ0) is 13.1. The third-order valence-electron chi connectivity index (χ3n) is 2.83. The Morgan fingerprint density at radius 3 is 2.67 bits per heavy atom. The van der Waals surface area contributed by atoms with Crippen molar-refractivity contribution in [3.05, 3.63) is 47.8 Å². The highest BCUT2D eigenvalue weighted by molar-refractivity contribution is 5.72. The highest BCUT2D eigenvalue weighted by Crippen LogP contribution is 2.32. The molecule has 18 heavy (non-hydrogen) atoms. The van der Waals surface area contributed by atoms with E-state index in [1.165, 1.54) is 7.11 Å². The maximum absolute atomic E-state index is 14.1. The molecule has 0 bridgehead atoms. The van der Waals surface area contributed by atoms with Gasteiger partial charge in [-0.25, -0.2) is 4.39 Å². The third kappa shape index (κ3) is 2.15. The van der Waals surface area contributed by atoms with E-state index in [0.29, 0.717) is 17.9 Å². The quantitative estimate of drug-likeness (QED) is 0.818. The molecule has 0 heterocycles. The van der Waals surface area contributed by atoms with Crippen LogP contribution in [-0.4, -0.2) is 7.11 Å². The van der Waals surface area contributed by atoms with Crippen molar-refractivity contribution >= 4 is 5.69 Å². The van der Waals surface area contributed by atoms with Gasteiger partial charge < -0.3 is 16.2 Å². The maximum Gasteiger partial charge on any atom is 0.157 e. The summed E-state index contributed by atoms with van der Waals surface area (Å²) < 4.78 is 19.1. The van der Waals surface area contributed by atoms with Crippen molar-refractivity contribution in [1.82, 2.24) is 0 Å². The smallest absolute Gasteiger partial charge is 0.157 e. The normalized spacial score (nSPS) is 10.4. The minimum atomic E-state index is -0.469. The van der Waals surface area contributed by atoms with Crippen molar-refractivity contribution in [3.63, 3.8) is 0 Å². The van der Waals surface area contributed by atoms with Gasteiger partial charge in [-0.15, -0.1) is 0 Å². The van der Waals surface area contributed by atoms with Gasteiger partial charge in [0.1, 0.15) is 11.4 Å². The van der Waals surface area contributed by atoms with Crippen LogP contribution in [0.25, 0.3) is 11.1 Å². The molecule has 0 atom stereocenters. The largest absolute Gasteiger partial charge is 0.494 e. The molecule has 4 N–H and O–H groups in total. The molecule has 3 nitrogen and oxygen atoms in total. The van der Waals surface area contributed by atoms with Crippen molar-refractivity contribution in [2.24, 2.45) is 5.73 Å². The lowest BCUT2D eigenvalue weighted by Crippen LogP contribution is -1.99. The van der Waals surface area contributed by atoms with Crippen LogP contribution in [0.2, 0.25) is 0 Å². The summed E-state index contributed by atoms with van der Waals surface area (Å²) in [5.41, 5.74) is 13.4. The Kier molecular flexibility index (Phi) is 3.48. The summed E-state index contributed by atoms with van der Waals surface area (Å²) in [7, 11) is 1.46. The Bertz CT molecular complexity index is 570. The minimum absolute atomic E-state index is 0.0214. The van der Waals surface area contributed by atoms with Gasteiger partial charge in [0, 0.05) is 12.1 Å². The van der Waals surface area contributed by atoms with Crippen LogP contribution >= 0.6 is 0 Å². The molecule has 0 saturated heterocycles. The number of anilines is 1. The molecule has 0 unspecified atom stereocenters. The van der Waals surface area contributed by atoms with Gasteiger partial charge in [0.15, 0.2) is 5.82 Å². The van der Waals surface area contributed by atoms with Crippen LogP contribution in [0.1, 0.15) is 5.56 Å². The number of hydrogen-bond donors (Lipinski definition) is 2. The Labute approximate surface area is 105 Å². The molecule has 2 rings (SSSR count). The average molecular weight is 246 g/mol. The van der Waals surface area contributed by atoms with Crippen molar-refractivity contribution in [1.29, 1.82) is 0 Å². The van der Waals surface area contributed by atoms with E-state index in [4.69, 9.17) is 16.2 Å². The number of rotatable bonds is 3. The third-order valence-corrected chi connectivity index (χ3v) is 2.83. The second kappa shape index (κ2) is 5.06. The van der Waals surface area contributed by atoms with E-state index in [1.807, 2.05) is 24.3 Å². The van der Waals surface area contributed by atoms with Gasteiger partial charge in [0.25, 0.3) is 0 Å². The van der Waals surface area contributed by atoms with Crippen LogP contribution in [0.4, 0.5) is 10.1 Å². The molecule has 4 heteroatoms. The van der Waals surface area contributed by atoms with Gasteiger partial charge in [-0.1, -0.05) is 18.2 Å². The molecular weight excluding hydrogens is 231 g/mol. The fourth-order valence-electron chi connectivity index (χ4n) is 1.84. The first-order valence-corrected chi connectivity index (χ1v) is 5.58. The summed E-state index contributed by atoms with van der Waals surface area (Å²) in [4.78, 5) is 0. The molecule has 0 radical (unpaired) electrons. The number of halogens is 1. The van der Waals surface area contributed by atoms with E-state index in [9.17, 15) is 4.39 Å². The fraction of sp³-hybridized carbons (Fsp3) is 0.143. The summed E-state index contributed by atoms with van der Waals surface area (Å²) >= 11 is 0. The standard InChI is InChI=1S/C14H15FN2O/c1-18-12-6-5-11(13(15)14(12)17)10-4-2-3-9(7-10)8-16/h2-7H,8,16-17H2,1H3. The molecule has 0 amide bonds. The molecule has 0 aliphatic rings. The first-order valence-electron chi connectivity index (χ1n) is 5.58. The van der Waals surface area contributed by atoms with Crippen LogP contribution in [0.5, 0.6) is 5.75 Å². The number of ether oxygens (including phenoxy) is 1. The van der Waals surface area contributed by atoms with Crippen LogP contribution < -0.4 is 16.2 Å². The van der Waals surface area contributed by atoms with Gasteiger partial charge in [-0.2, -0.15) is 0 Å². The first-order chi connectivity index (χ1) is 8.67. The Balaban J connectivity index is 2.54. The van der Waals surface area contributed by atoms with Gasteiger partial charge in [0.2, 0.25) is 0 Å². The number of nitrogen functional groups attached to an aromatic ring is 1. The molecule has 0 aliphatic carbocycles. The van der Waals surface area contributed by atoms with Gasteiger partial charge in [-0.05, 0) is 29.3 Å². The number of nitrogens with two attached hydrogens (primary N) is 2. The monoisotopic (exact) mass is 246 g/mol. The van der Waals surface area contributed by atoms with E-state index >= 15 is 0 Å². The van der Waals surface area contributed by atoms with E-state index in [2.05, 4.69) is 0 Å². The summed E-state index contributed by atoms with van der Waals surface area (Å²) in [6, 6.07) is 10.7. The zero-order valence-electron chi connectivity index (χ0n) is 10.1. The fourth-order valence-corrected chi connectivity index (χ4v) is 1.84. The van der Waals surface area contributed by atoms with E-state index < -0.39 is 5.82 Å². The second-order valence-corrected chi connectivity index (χ2v) is 3.95. The number of benzene rings is 2. The molecule has 0 spiro atoms. The molecule has 0 aliphatic heterocycles. The Morgan fingerprint density at radius 1 is 1.22 bits per heavy atom. The highest BCUT2D eigenvalue weighted by atomic mass is 19.1. The average Bonchev–Trinajstić information content (AvgIpc) is 2.42. The lowest BCUT2D eigenvalue weighted by Gasteiger charge is -2.10. The molecule has 2 aromatic rings. The van der Waals surface area contributed by atoms with Crippen molar-refractivity contribution in [2.75, 3.05) is 12.8 Å². The van der Waals surface area contributed by atoms with Crippen molar-refractivity contribution in [3.8, 4) is 16.9 Å². The van der Waals surface area contributed by atoms with Crippen LogP contribution in [0.3, 0.4) is 0 Å². The topological polar surface area (TPSA) is 61.3 Å². The summed E-state index contributed by atoms with van der Waals surface area (Å²) in [5, 5.41) is 0. The maximum atomic E-state index is 14.1. The molecular formula is C14H15FN2O. The number of hydrogen-bond acceptors (Lipinski definition) is 3. The second-order valence-electron chi connectivity index (χ2n) is 3.95. The predicted molar refractivity (Wildman–Crippen MR) is 70.7 cm³/mol. The molecule has 0 fully saturated rings. The minimum Gasteiger partial charge on any atom is -0.494 e. The highest BCUT2D eigenvalue weighted by Gasteiger charge is 2.12. The van der Waals surface area contributed by atoms with Crippen LogP contribution in [0.15, 0.2) is 36.4 Å².